The topological polar surface area (TPSA) is 43.6 Å². The van der Waals surface area contributed by atoms with Gasteiger partial charge < -0.3 is 4.57 Å². The summed E-state index contributed by atoms with van der Waals surface area (Å²) in [5.41, 5.74) is 6.50. The van der Waals surface area contributed by atoms with Crippen molar-refractivity contribution in [3.63, 3.8) is 0 Å². The van der Waals surface area contributed by atoms with E-state index < -0.39 is 0 Å². The average molecular weight is 581 g/mol. The van der Waals surface area contributed by atoms with Gasteiger partial charge in [0, 0.05) is 53.3 Å². The zero-order chi connectivity index (χ0) is 29.0. The van der Waals surface area contributed by atoms with Crippen molar-refractivity contribution in [2.24, 2.45) is 0 Å². The molecule has 0 unspecified atom stereocenters. The number of thiophene rings is 1. The zero-order valence-electron chi connectivity index (χ0n) is 23.6. The van der Waals surface area contributed by atoms with Crippen LogP contribution in [0.25, 0.3) is 81.8 Å². The molecule has 9 aromatic rings. The van der Waals surface area contributed by atoms with Crippen LogP contribution in [-0.2, 0) is 0 Å². The minimum atomic E-state index is 0.668. The second-order valence-electron chi connectivity index (χ2n) is 10.9. The van der Waals surface area contributed by atoms with E-state index in [0.29, 0.717) is 17.5 Å². The zero-order valence-corrected chi connectivity index (χ0v) is 24.4. The molecule has 0 saturated heterocycles. The second kappa shape index (κ2) is 9.97. The maximum absolute atomic E-state index is 4.94. The summed E-state index contributed by atoms with van der Waals surface area (Å²) in [4.78, 5) is 14.7. The lowest BCUT2D eigenvalue weighted by molar-refractivity contribution is 1.07. The van der Waals surface area contributed by atoms with Crippen molar-refractivity contribution < 1.29 is 0 Å². The molecule has 0 atom stereocenters. The first-order valence-electron chi connectivity index (χ1n) is 14.6. The van der Waals surface area contributed by atoms with Crippen LogP contribution in [0.5, 0.6) is 0 Å². The van der Waals surface area contributed by atoms with Crippen molar-refractivity contribution in [3.05, 3.63) is 146 Å². The standard InChI is InChI=1S/C39H24N4S/c1-3-11-25(12-4-1)37-40-38(26-13-5-2-6-14-26)42-39(41-37)27-19-21-31-32-24-28(20-22-35(32)44-36(31)23-27)43-33-17-9-7-15-29(33)30-16-8-10-18-34(30)43/h1-24H. The fourth-order valence-corrected chi connectivity index (χ4v) is 7.31. The molecule has 0 aliphatic heterocycles. The molecule has 0 aliphatic carbocycles. The summed E-state index contributed by atoms with van der Waals surface area (Å²) in [7, 11) is 0. The van der Waals surface area contributed by atoms with Crippen LogP contribution in [0, 0.1) is 0 Å². The fraction of sp³-hybridized carbons (Fsp3) is 0. The average Bonchev–Trinajstić information content (AvgIpc) is 3.64. The van der Waals surface area contributed by atoms with Crippen molar-refractivity contribution in [3.8, 4) is 39.9 Å². The third kappa shape index (κ3) is 4.02. The Morgan fingerprint density at radius 1 is 0.386 bits per heavy atom. The van der Waals surface area contributed by atoms with Gasteiger partial charge in [0.1, 0.15) is 0 Å². The third-order valence-corrected chi connectivity index (χ3v) is 9.38. The molecule has 9 rings (SSSR count). The maximum Gasteiger partial charge on any atom is 0.164 e. The van der Waals surface area contributed by atoms with Crippen LogP contribution >= 0.6 is 11.3 Å². The van der Waals surface area contributed by atoms with Crippen LogP contribution < -0.4 is 0 Å². The predicted octanol–water partition coefficient (Wildman–Crippen LogP) is 10.3. The van der Waals surface area contributed by atoms with E-state index in [9.17, 15) is 0 Å². The lowest BCUT2D eigenvalue weighted by Gasteiger charge is -2.09. The summed E-state index contributed by atoms with van der Waals surface area (Å²) in [6, 6.07) is 50.9. The normalized spacial score (nSPS) is 11.6. The largest absolute Gasteiger partial charge is 0.309 e. The van der Waals surface area contributed by atoms with Gasteiger partial charge >= 0.3 is 0 Å². The van der Waals surface area contributed by atoms with E-state index in [1.807, 2.05) is 60.7 Å². The lowest BCUT2D eigenvalue weighted by Crippen LogP contribution is -1.99. The molecular formula is C39H24N4S. The summed E-state index contributed by atoms with van der Waals surface area (Å²) >= 11 is 1.80. The molecule has 4 nitrogen and oxygen atoms in total. The third-order valence-electron chi connectivity index (χ3n) is 8.25. The molecule has 0 amide bonds. The van der Waals surface area contributed by atoms with Crippen LogP contribution in [0.4, 0.5) is 0 Å². The Morgan fingerprint density at radius 2 is 0.932 bits per heavy atom. The Labute approximate surface area is 257 Å². The highest BCUT2D eigenvalue weighted by Gasteiger charge is 2.16. The van der Waals surface area contributed by atoms with Gasteiger partial charge in [-0.3, -0.25) is 0 Å². The number of aromatic nitrogens is 4. The number of rotatable bonds is 4. The summed E-state index contributed by atoms with van der Waals surface area (Å²) in [5.74, 6) is 2.01. The lowest BCUT2D eigenvalue weighted by atomic mass is 10.1. The van der Waals surface area contributed by atoms with Gasteiger partial charge in [0.25, 0.3) is 0 Å². The van der Waals surface area contributed by atoms with Gasteiger partial charge in [-0.05, 0) is 36.4 Å². The van der Waals surface area contributed by atoms with Gasteiger partial charge in [0.05, 0.1) is 11.0 Å². The molecule has 3 heterocycles. The second-order valence-corrected chi connectivity index (χ2v) is 12.0. The monoisotopic (exact) mass is 580 g/mol. The molecule has 0 aliphatic rings. The minimum Gasteiger partial charge on any atom is -0.309 e. The van der Waals surface area contributed by atoms with Gasteiger partial charge in [0.15, 0.2) is 17.5 Å². The summed E-state index contributed by atoms with van der Waals surface area (Å²) in [6.45, 7) is 0. The van der Waals surface area contributed by atoms with Gasteiger partial charge in [0.2, 0.25) is 0 Å². The number of nitrogens with zero attached hydrogens (tertiary/aromatic N) is 4. The first-order chi connectivity index (χ1) is 21.8. The Hall–Kier alpha value is -5.65. The summed E-state index contributed by atoms with van der Waals surface area (Å²) < 4.78 is 4.84. The molecule has 44 heavy (non-hydrogen) atoms. The van der Waals surface area contributed by atoms with Crippen molar-refractivity contribution >= 4 is 53.3 Å². The van der Waals surface area contributed by atoms with Crippen LogP contribution in [-0.4, -0.2) is 19.5 Å². The highest BCUT2D eigenvalue weighted by atomic mass is 32.1. The molecule has 0 radical (unpaired) electrons. The van der Waals surface area contributed by atoms with Crippen molar-refractivity contribution in [1.29, 1.82) is 0 Å². The van der Waals surface area contributed by atoms with Gasteiger partial charge in [-0.1, -0.05) is 109 Å². The van der Waals surface area contributed by atoms with Crippen molar-refractivity contribution in [2.75, 3.05) is 0 Å². The van der Waals surface area contributed by atoms with Gasteiger partial charge in [-0.25, -0.2) is 15.0 Å². The number of hydrogen-bond donors (Lipinski definition) is 0. The van der Waals surface area contributed by atoms with E-state index >= 15 is 0 Å². The van der Waals surface area contributed by atoms with Gasteiger partial charge in [-0.2, -0.15) is 0 Å². The van der Waals surface area contributed by atoms with E-state index in [0.717, 1.165) is 22.4 Å². The molecule has 0 N–H and O–H groups in total. The number of benzene rings is 6. The van der Waals surface area contributed by atoms with Crippen LogP contribution in [0.1, 0.15) is 0 Å². The molecule has 206 valence electrons. The summed E-state index contributed by atoms with van der Waals surface area (Å²) in [6.07, 6.45) is 0. The van der Waals surface area contributed by atoms with E-state index in [1.165, 1.54) is 42.0 Å². The van der Waals surface area contributed by atoms with Crippen molar-refractivity contribution in [1.82, 2.24) is 19.5 Å². The Morgan fingerprint density at radius 3 is 1.55 bits per heavy atom. The Bertz CT molecular complexity index is 2380. The van der Waals surface area contributed by atoms with E-state index in [-0.39, 0.29) is 0 Å². The van der Waals surface area contributed by atoms with Gasteiger partial charge in [-0.15, -0.1) is 11.3 Å². The number of hydrogen-bond acceptors (Lipinski definition) is 4. The van der Waals surface area contributed by atoms with Crippen LogP contribution in [0.3, 0.4) is 0 Å². The van der Waals surface area contributed by atoms with E-state index in [1.54, 1.807) is 11.3 Å². The molecular weight excluding hydrogens is 557 g/mol. The molecule has 6 aromatic carbocycles. The SMILES string of the molecule is c1ccc(-c2nc(-c3ccccc3)nc(-c3ccc4c(c3)sc3ccc(-n5c6ccccc6c6ccccc65)cc34)n2)cc1. The van der Waals surface area contributed by atoms with Crippen LogP contribution in [0.2, 0.25) is 0 Å². The Balaban J connectivity index is 1.20. The molecule has 0 fully saturated rings. The minimum absolute atomic E-state index is 0.668. The molecule has 0 saturated carbocycles. The number of para-hydroxylation sites is 2. The number of fused-ring (bicyclic) bond motifs is 6. The highest BCUT2D eigenvalue weighted by Crippen LogP contribution is 2.39. The van der Waals surface area contributed by atoms with Crippen LogP contribution in [0.15, 0.2) is 146 Å². The van der Waals surface area contributed by atoms with E-state index in [4.69, 9.17) is 15.0 Å². The Kier molecular flexibility index (Phi) is 5.64. The molecule has 5 heteroatoms. The predicted molar refractivity (Wildman–Crippen MR) is 183 cm³/mol. The van der Waals surface area contributed by atoms with Crippen molar-refractivity contribution in [2.45, 2.75) is 0 Å². The molecule has 0 spiro atoms. The summed E-state index contributed by atoms with van der Waals surface area (Å²) in [5, 5.41) is 5.02. The quantitative estimate of drug-likeness (QED) is 0.208. The smallest absolute Gasteiger partial charge is 0.164 e. The fourth-order valence-electron chi connectivity index (χ4n) is 6.18. The first kappa shape index (κ1) is 24.9. The first-order valence-corrected chi connectivity index (χ1v) is 15.4. The highest BCUT2D eigenvalue weighted by molar-refractivity contribution is 7.25. The molecule has 0 bridgehead atoms. The van der Waals surface area contributed by atoms with E-state index in [2.05, 4.69) is 89.5 Å². The molecule has 3 aromatic heterocycles. The maximum atomic E-state index is 4.94.